The van der Waals surface area contributed by atoms with Crippen molar-refractivity contribution in [2.24, 2.45) is 5.73 Å². The molecule has 2 rings (SSSR count). The smallest absolute Gasteiger partial charge is 0.326 e. The summed E-state index contributed by atoms with van der Waals surface area (Å²) in [5.74, 6) is -0.235. The average Bonchev–Trinajstić information content (AvgIpc) is 2.65. The Morgan fingerprint density at radius 1 is 1.65 bits per heavy atom. The maximum absolute atomic E-state index is 11.0. The molecule has 17 heavy (non-hydrogen) atoms. The molecule has 0 amide bonds. The van der Waals surface area contributed by atoms with Gasteiger partial charge in [-0.25, -0.2) is 4.98 Å². The Balaban J connectivity index is 2.70. The highest BCUT2D eigenvalue weighted by Crippen LogP contribution is 2.20. The van der Waals surface area contributed by atoms with Crippen LogP contribution in [0.1, 0.15) is 30.0 Å². The number of aromatic nitrogens is 2. The summed E-state index contributed by atoms with van der Waals surface area (Å²) in [4.78, 5) is 15.3. The van der Waals surface area contributed by atoms with Crippen LogP contribution in [0.3, 0.4) is 0 Å². The number of fused-ring (bicyclic) bond motifs is 1. The molecule has 1 atom stereocenters. The zero-order valence-corrected chi connectivity index (χ0v) is 9.84. The molecule has 0 aliphatic heterocycles. The fraction of sp³-hybridized carbons (Fsp3) is 0.333. The number of pyridine rings is 1. The van der Waals surface area contributed by atoms with Crippen LogP contribution in [-0.4, -0.2) is 20.5 Å². The normalized spacial score (nSPS) is 12.9. The molecule has 2 aromatic heterocycles. The second-order valence-corrected chi connectivity index (χ2v) is 4.04. The molecule has 0 radical (unpaired) electrons. The predicted octanol–water partition coefficient (Wildman–Crippen LogP) is 1.29. The number of nitrogens with zero attached hydrogens (tertiary/aromatic N) is 2. The first-order valence-corrected chi connectivity index (χ1v) is 5.50. The molecule has 0 spiro atoms. The molecule has 0 bridgehead atoms. The predicted molar refractivity (Wildman–Crippen MR) is 63.9 cm³/mol. The van der Waals surface area contributed by atoms with Crippen molar-refractivity contribution in [3.05, 3.63) is 35.4 Å². The molecule has 5 nitrogen and oxygen atoms in total. The number of rotatable bonds is 3. The molecule has 0 saturated carbocycles. The summed E-state index contributed by atoms with van der Waals surface area (Å²) in [5.41, 5.74) is 7.90. The van der Waals surface area contributed by atoms with Gasteiger partial charge in [-0.15, -0.1) is 0 Å². The first-order valence-electron chi connectivity index (χ1n) is 5.50. The van der Waals surface area contributed by atoms with E-state index in [1.54, 1.807) is 0 Å². The second kappa shape index (κ2) is 4.18. The van der Waals surface area contributed by atoms with Crippen molar-refractivity contribution in [1.82, 2.24) is 9.38 Å². The Morgan fingerprint density at radius 2 is 2.35 bits per heavy atom. The van der Waals surface area contributed by atoms with Gasteiger partial charge in [0.25, 0.3) is 0 Å². The van der Waals surface area contributed by atoms with Crippen molar-refractivity contribution in [1.29, 1.82) is 0 Å². The topological polar surface area (TPSA) is 80.6 Å². The van der Waals surface area contributed by atoms with Crippen LogP contribution >= 0.6 is 0 Å². The molecule has 0 fully saturated rings. The van der Waals surface area contributed by atoms with Gasteiger partial charge in [-0.3, -0.25) is 4.79 Å². The minimum Gasteiger partial charge on any atom is -0.480 e. The molecule has 1 unspecified atom stereocenters. The summed E-state index contributed by atoms with van der Waals surface area (Å²) in [5, 5.41) is 8.97. The van der Waals surface area contributed by atoms with E-state index in [1.165, 1.54) is 0 Å². The summed E-state index contributed by atoms with van der Waals surface area (Å²) >= 11 is 0. The van der Waals surface area contributed by atoms with Crippen LogP contribution in [0, 0.1) is 6.92 Å². The minimum absolute atomic E-state index is 0.429. The summed E-state index contributed by atoms with van der Waals surface area (Å²) in [7, 11) is 0. The fourth-order valence-corrected chi connectivity index (χ4v) is 1.87. The van der Waals surface area contributed by atoms with Crippen molar-refractivity contribution in [2.45, 2.75) is 26.3 Å². The van der Waals surface area contributed by atoms with Gasteiger partial charge in [0.2, 0.25) is 0 Å². The number of hydrogen-bond acceptors (Lipinski definition) is 3. The summed E-state index contributed by atoms with van der Waals surface area (Å²) in [6.07, 6.45) is 2.63. The van der Waals surface area contributed by atoms with E-state index in [0.29, 0.717) is 5.69 Å². The van der Waals surface area contributed by atoms with Gasteiger partial charge < -0.3 is 15.2 Å². The Morgan fingerprint density at radius 3 is 2.94 bits per heavy atom. The van der Waals surface area contributed by atoms with Gasteiger partial charge in [-0.05, 0) is 24.6 Å². The largest absolute Gasteiger partial charge is 0.480 e. The van der Waals surface area contributed by atoms with E-state index >= 15 is 0 Å². The quantitative estimate of drug-likeness (QED) is 0.837. The van der Waals surface area contributed by atoms with E-state index in [9.17, 15) is 4.79 Å². The SMILES string of the molecule is CCc1nc(C(N)C(=O)O)c2cc(C)ccn12. The molecular weight excluding hydrogens is 218 g/mol. The number of aliphatic carboxylic acids is 1. The first kappa shape index (κ1) is 11.6. The number of nitrogens with two attached hydrogens (primary N) is 1. The van der Waals surface area contributed by atoms with E-state index in [1.807, 2.05) is 36.6 Å². The van der Waals surface area contributed by atoms with Crippen molar-refractivity contribution in [3.63, 3.8) is 0 Å². The molecule has 0 aliphatic rings. The molecular formula is C12H15N3O2. The monoisotopic (exact) mass is 233 g/mol. The number of aryl methyl sites for hydroxylation is 2. The van der Waals surface area contributed by atoms with Crippen LogP contribution in [0.25, 0.3) is 5.52 Å². The molecule has 2 aromatic rings. The standard InChI is InChI=1S/C12H15N3O2/c1-3-9-14-11(10(13)12(16)17)8-6-7(2)4-5-15(8)9/h4-6,10H,3,13H2,1-2H3,(H,16,17). The van der Waals surface area contributed by atoms with Gasteiger partial charge in [-0.2, -0.15) is 0 Å². The number of carbonyl (C=O) groups is 1. The van der Waals surface area contributed by atoms with Crippen LogP contribution in [-0.2, 0) is 11.2 Å². The Kier molecular flexibility index (Phi) is 2.85. The summed E-state index contributed by atoms with van der Waals surface area (Å²) in [6, 6.07) is 2.79. The lowest BCUT2D eigenvalue weighted by molar-refractivity contribution is -0.138. The summed E-state index contributed by atoms with van der Waals surface area (Å²) in [6.45, 7) is 3.93. The lowest BCUT2D eigenvalue weighted by atomic mass is 10.1. The third kappa shape index (κ3) is 1.89. The van der Waals surface area contributed by atoms with Gasteiger partial charge in [-0.1, -0.05) is 6.92 Å². The van der Waals surface area contributed by atoms with Gasteiger partial charge in [0.1, 0.15) is 11.9 Å². The number of imidazole rings is 1. The highest BCUT2D eigenvalue weighted by atomic mass is 16.4. The average molecular weight is 233 g/mol. The van der Waals surface area contributed by atoms with Crippen molar-refractivity contribution in [3.8, 4) is 0 Å². The molecule has 3 N–H and O–H groups in total. The van der Waals surface area contributed by atoms with Gasteiger partial charge in [0.15, 0.2) is 0 Å². The second-order valence-electron chi connectivity index (χ2n) is 4.04. The van der Waals surface area contributed by atoms with Gasteiger partial charge in [0, 0.05) is 12.6 Å². The lowest BCUT2D eigenvalue weighted by Gasteiger charge is -2.04. The number of carboxylic acids is 1. The van der Waals surface area contributed by atoms with Crippen molar-refractivity contribution in [2.75, 3.05) is 0 Å². The van der Waals surface area contributed by atoms with Crippen molar-refractivity contribution < 1.29 is 9.90 Å². The highest BCUT2D eigenvalue weighted by Gasteiger charge is 2.21. The zero-order valence-electron chi connectivity index (χ0n) is 9.84. The van der Waals surface area contributed by atoms with Crippen molar-refractivity contribution >= 4 is 11.5 Å². The lowest BCUT2D eigenvalue weighted by Crippen LogP contribution is -2.21. The molecule has 5 heteroatoms. The van der Waals surface area contributed by atoms with E-state index < -0.39 is 12.0 Å². The van der Waals surface area contributed by atoms with Crippen LogP contribution in [0.15, 0.2) is 18.3 Å². The molecule has 90 valence electrons. The maximum Gasteiger partial charge on any atom is 0.326 e. The fourth-order valence-electron chi connectivity index (χ4n) is 1.87. The third-order valence-electron chi connectivity index (χ3n) is 2.78. The van der Waals surface area contributed by atoms with Gasteiger partial charge in [0.05, 0.1) is 11.2 Å². The van der Waals surface area contributed by atoms with Gasteiger partial charge >= 0.3 is 5.97 Å². The third-order valence-corrected chi connectivity index (χ3v) is 2.78. The maximum atomic E-state index is 11.0. The molecule has 2 heterocycles. The van der Waals surface area contributed by atoms with Crippen LogP contribution < -0.4 is 5.73 Å². The number of carboxylic acid groups (broad SMARTS) is 1. The molecule has 0 saturated heterocycles. The Bertz CT molecular complexity index is 574. The van der Waals surface area contributed by atoms with E-state index in [0.717, 1.165) is 23.3 Å². The minimum atomic E-state index is -1.08. The zero-order chi connectivity index (χ0) is 12.6. The molecule has 0 aliphatic carbocycles. The van der Waals surface area contributed by atoms with Crippen LogP contribution in [0.5, 0.6) is 0 Å². The highest BCUT2D eigenvalue weighted by molar-refractivity contribution is 5.78. The Hall–Kier alpha value is -1.88. The van der Waals surface area contributed by atoms with E-state index in [4.69, 9.17) is 10.8 Å². The van der Waals surface area contributed by atoms with Crippen LogP contribution in [0.2, 0.25) is 0 Å². The van der Waals surface area contributed by atoms with E-state index in [-0.39, 0.29) is 0 Å². The Labute approximate surface area is 98.9 Å². The molecule has 0 aromatic carbocycles. The van der Waals surface area contributed by atoms with Crippen LogP contribution in [0.4, 0.5) is 0 Å². The first-order chi connectivity index (χ1) is 8.04. The summed E-state index contributed by atoms with van der Waals surface area (Å²) < 4.78 is 1.89. The van der Waals surface area contributed by atoms with E-state index in [2.05, 4.69) is 4.98 Å². The number of hydrogen-bond donors (Lipinski definition) is 2.